The van der Waals surface area contributed by atoms with Crippen LogP contribution in [-0.2, 0) is 18.9 Å². The van der Waals surface area contributed by atoms with Crippen molar-refractivity contribution in [2.24, 2.45) is 62.6 Å². The summed E-state index contributed by atoms with van der Waals surface area (Å²) in [5.41, 5.74) is 0.0695. The number of piperidine rings is 3. The molecule has 0 spiro atoms. The Morgan fingerprint density at radius 1 is 0.351 bits per heavy atom. The molecule has 0 aromatic rings. The minimum absolute atomic E-state index is 0.121. The molecule has 13 heteroatoms. The number of rotatable bonds is 0. The van der Waals surface area contributed by atoms with Gasteiger partial charge in [-0.05, 0) is 211 Å². The predicted octanol–water partition coefficient (Wildman–Crippen LogP) is 15.9. The fourth-order valence-corrected chi connectivity index (χ4v) is 11.0. The van der Waals surface area contributed by atoms with Gasteiger partial charge in [-0.3, -0.25) is 0 Å². The molecule has 6 rings (SSSR count). The average molecular weight is 1090 g/mol. The Balaban J connectivity index is 0.000000332. The van der Waals surface area contributed by atoms with Crippen molar-refractivity contribution in [1.82, 2.24) is 24.5 Å². The molecule has 0 N–H and O–H groups in total. The molecule has 2 bridgehead atoms. The lowest BCUT2D eigenvalue weighted by atomic mass is 9.75. The summed E-state index contributed by atoms with van der Waals surface area (Å²) < 4.78 is 21.6. The van der Waals surface area contributed by atoms with E-state index in [1.165, 1.54) is 45.2 Å². The lowest BCUT2D eigenvalue weighted by Gasteiger charge is -2.46. The largest absolute Gasteiger partial charge is 0.444 e. The second kappa shape index (κ2) is 26.7. The monoisotopic (exact) mass is 1090 g/mol. The normalized spacial score (nSPS) is 24.1. The van der Waals surface area contributed by atoms with Gasteiger partial charge in [0, 0.05) is 51.9 Å². The van der Waals surface area contributed by atoms with Crippen LogP contribution in [0.2, 0.25) is 0 Å². The van der Waals surface area contributed by atoms with Crippen LogP contribution in [-0.4, -0.2) is 143 Å². The van der Waals surface area contributed by atoms with Crippen LogP contribution in [0.15, 0.2) is 0 Å². The van der Waals surface area contributed by atoms with Crippen molar-refractivity contribution in [2.45, 2.75) is 260 Å². The smallest absolute Gasteiger partial charge is 0.410 e. The Bertz CT molecular complexity index is 1840. The van der Waals surface area contributed by atoms with Gasteiger partial charge < -0.3 is 43.4 Å². The van der Waals surface area contributed by atoms with E-state index in [-0.39, 0.29) is 46.2 Å². The SMILES string of the molecule is CC(C)(C)OC(=O)N1CC(C(C)(C)C)C1.CC(C)(C)OC(=O)N1CC2CC1C(C(C)(C)C)C2.CC(C)(C)OC(=O)N1CCC(C(C)(C)C)C1.CC(C)(C)OC(=O)N1CCCC(C(C)(C)C)C1.CN1CCC(C(C)(C)C)CC1. The molecule has 4 amide bonds. The van der Waals surface area contributed by atoms with Gasteiger partial charge >= 0.3 is 24.4 Å². The van der Waals surface area contributed by atoms with E-state index in [0.29, 0.717) is 46.5 Å². The van der Waals surface area contributed by atoms with Crippen LogP contribution >= 0.6 is 0 Å². The number of hydrogen-bond acceptors (Lipinski definition) is 9. The summed E-state index contributed by atoms with van der Waals surface area (Å²) >= 11 is 0. The number of hydrogen-bond donors (Lipinski definition) is 0. The van der Waals surface area contributed by atoms with Crippen LogP contribution in [0.1, 0.15) is 232 Å². The summed E-state index contributed by atoms with van der Waals surface area (Å²) in [4.78, 5) is 57.6. The zero-order chi connectivity index (χ0) is 59.9. The van der Waals surface area contributed by atoms with Gasteiger partial charge in [0.05, 0.1) is 0 Å². The second-order valence-electron chi connectivity index (χ2n) is 33.3. The molecule has 5 unspecified atom stereocenters. The molecule has 13 nitrogen and oxygen atoms in total. The van der Waals surface area contributed by atoms with Gasteiger partial charge in [-0.1, -0.05) is 104 Å². The summed E-state index contributed by atoms with van der Waals surface area (Å²) in [6, 6.07) is 0.393. The highest BCUT2D eigenvalue weighted by atomic mass is 16.6. The van der Waals surface area contributed by atoms with Gasteiger partial charge in [0.1, 0.15) is 22.4 Å². The van der Waals surface area contributed by atoms with Crippen molar-refractivity contribution in [1.29, 1.82) is 0 Å². The summed E-state index contributed by atoms with van der Waals surface area (Å²) in [5.74, 6) is 4.00. The molecule has 0 radical (unpaired) electrons. The molecule has 0 aromatic carbocycles. The number of carbonyl (C=O) groups excluding carboxylic acids is 4. The molecular weight excluding hydrogens is 967 g/mol. The van der Waals surface area contributed by atoms with E-state index in [1.807, 2.05) is 97.8 Å². The molecule has 1 aliphatic carbocycles. The number of carbonyl (C=O) groups is 4. The third kappa shape index (κ3) is 25.6. The molecule has 5 saturated heterocycles. The Labute approximate surface area is 474 Å². The summed E-state index contributed by atoms with van der Waals surface area (Å²) in [6.45, 7) is 65.4. The van der Waals surface area contributed by atoms with E-state index in [9.17, 15) is 19.2 Å². The maximum Gasteiger partial charge on any atom is 0.410 e. The van der Waals surface area contributed by atoms with E-state index in [1.54, 1.807) is 4.90 Å². The first-order valence-corrected chi connectivity index (χ1v) is 30.0. The predicted molar refractivity (Wildman–Crippen MR) is 318 cm³/mol. The fourth-order valence-electron chi connectivity index (χ4n) is 11.0. The van der Waals surface area contributed by atoms with Gasteiger partial charge in [-0.2, -0.15) is 0 Å². The van der Waals surface area contributed by atoms with Crippen LogP contribution in [0, 0.1) is 62.6 Å². The third-order valence-corrected chi connectivity index (χ3v) is 16.3. The van der Waals surface area contributed by atoms with E-state index in [4.69, 9.17) is 18.9 Å². The summed E-state index contributed by atoms with van der Waals surface area (Å²) in [5, 5.41) is 0. The van der Waals surface area contributed by atoms with E-state index in [2.05, 4.69) is 116 Å². The summed E-state index contributed by atoms with van der Waals surface area (Å²) in [7, 11) is 2.22. The Morgan fingerprint density at radius 3 is 1.04 bits per heavy atom. The zero-order valence-corrected chi connectivity index (χ0v) is 55.4. The van der Waals surface area contributed by atoms with Crippen molar-refractivity contribution in [3.05, 3.63) is 0 Å². The molecule has 1 saturated carbocycles. The number of fused-ring (bicyclic) bond motifs is 2. The highest BCUT2D eigenvalue weighted by molar-refractivity contribution is 5.70. The van der Waals surface area contributed by atoms with Gasteiger partial charge in [-0.15, -0.1) is 0 Å². The van der Waals surface area contributed by atoms with Crippen LogP contribution in [0.25, 0.3) is 0 Å². The molecule has 5 aliphatic heterocycles. The Kier molecular flexibility index (Phi) is 24.4. The Hall–Kier alpha value is -2.96. The second-order valence-corrected chi connectivity index (χ2v) is 33.3. The molecule has 452 valence electrons. The highest BCUT2D eigenvalue weighted by Gasteiger charge is 2.51. The van der Waals surface area contributed by atoms with E-state index >= 15 is 0 Å². The van der Waals surface area contributed by atoms with Crippen molar-refractivity contribution in [2.75, 3.05) is 66.0 Å². The van der Waals surface area contributed by atoms with Crippen LogP contribution in [0.4, 0.5) is 19.2 Å². The molecule has 5 heterocycles. The first-order valence-electron chi connectivity index (χ1n) is 30.0. The van der Waals surface area contributed by atoms with Crippen molar-refractivity contribution >= 4 is 24.4 Å². The molecule has 77 heavy (non-hydrogen) atoms. The van der Waals surface area contributed by atoms with Crippen molar-refractivity contribution in [3.8, 4) is 0 Å². The summed E-state index contributed by atoms with van der Waals surface area (Å²) in [6.07, 6.45) is 7.97. The average Bonchev–Trinajstić information content (AvgIpc) is 3.96. The quantitative estimate of drug-likeness (QED) is 0.218. The minimum atomic E-state index is -0.397. The van der Waals surface area contributed by atoms with Crippen LogP contribution < -0.4 is 0 Å². The molecule has 5 atom stereocenters. The molecular formula is C64H123N5O8. The minimum Gasteiger partial charge on any atom is -0.444 e. The number of amides is 4. The molecule has 0 aromatic heterocycles. The van der Waals surface area contributed by atoms with Gasteiger partial charge in [0.2, 0.25) is 0 Å². The molecule has 6 fully saturated rings. The van der Waals surface area contributed by atoms with E-state index in [0.717, 1.165) is 64.6 Å². The van der Waals surface area contributed by atoms with Crippen LogP contribution in [0.5, 0.6) is 0 Å². The zero-order valence-electron chi connectivity index (χ0n) is 55.4. The maximum absolute atomic E-state index is 12.2. The lowest BCUT2D eigenvalue weighted by Crippen LogP contribution is -2.55. The first-order chi connectivity index (χ1) is 34.4. The van der Waals surface area contributed by atoms with Gasteiger partial charge in [0.15, 0.2) is 0 Å². The fraction of sp³-hybridized carbons (Fsp3) is 0.938. The number of likely N-dealkylation sites (tertiary alicyclic amines) is 5. The number of ether oxygens (including phenoxy) is 4. The van der Waals surface area contributed by atoms with Crippen molar-refractivity contribution < 1.29 is 38.1 Å². The van der Waals surface area contributed by atoms with Gasteiger partial charge in [0.25, 0.3) is 0 Å². The van der Waals surface area contributed by atoms with Gasteiger partial charge in [-0.25, -0.2) is 19.2 Å². The van der Waals surface area contributed by atoms with Crippen LogP contribution in [0.3, 0.4) is 0 Å². The third-order valence-electron chi connectivity index (χ3n) is 16.3. The number of nitrogens with zero attached hydrogens (tertiary/aromatic N) is 5. The van der Waals surface area contributed by atoms with Crippen molar-refractivity contribution in [3.63, 3.8) is 0 Å². The standard InChI is InChI=1S/C15H27NO2.C14H27NO2.C13H25NO2.C12H23NO2.C10H21N/c1-14(2,3)11-7-10-8-12(11)16(9-10)13(17)18-15(4,5)6;1-13(2,3)11-8-7-9-15(10-11)12(16)17-14(4,5)6;1-12(2,3)10-7-8-14(9-10)11(15)16-13(4,5)6;1-11(2,3)9-7-13(8-9)10(14)15-12(4,5)6;1-10(2,3)9-5-7-11(4)8-6-9/h10-12H,7-9H2,1-6H3;11H,7-10H2,1-6H3;10H,7-9H2,1-6H3;9H,7-8H2,1-6H3;9H,5-8H2,1-4H3. The molecule has 6 aliphatic rings. The van der Waals surface area contributed by atoms with E-state index < -0.39 is 16.8 Å². The maximum atomic E-state index is 12.2. The highest BCUT2D eigenvalue weighted by Crippen LogP contribution is 2.49. The first kappa shape index (κ1) is 70.1. The lowest BCUT2D eigenvalue weighted by molar-refractivity contribution is -0.0211. The topological polar surface area (TPSA) is 121 Å². The Morgan fingerprint density at radius 2 is 0.688 bits per heavy atom.